The van der Waals surface area contributed by atoms with E-state index in [1.165, 1.54) is 11.8 Å². The van der Waals surface area contributed by atoms with Crippen molar-refractivity contribution in [2.24, 2.45) is 0 Å². The summed E-state index contributed by atoms with van der Waals surface area (Å²) in [6.07, 6.45) is 1.60. The van der Waals surface area contributed by atoms with E-state index in [9.17, 15) is 4.79 Å². The van der Waals surface area contributed by atoms with E-state index < -0.39 is 0 Å². The third-order valence-corrected chi connectivity index (χ3v) is 5.76. The van der Waals surface area contributed by atoms with Gasteiger partial charge in [-0.15, -0.1) is 10.2 Å². The maximum atomic E-state index is 12.7. The van der Waals surface area contributed by atoms with E-state index in [2.05, 4.69) is 15.5 Å². The molecule has 4 rings (SSSR count). The predicted molar refractivity (Wildman–Crippen MR) is 128 cm³/mol. The number of ether oxygens (including phenoxy) is 1. The Morgan fingerprint density at radius 2 is 1.94 bits per heavy atom. The van der Waals surface area contributed by atoms with Crippen molar-refractivity contribution >= 4 is 35.0 Å². The Balaban J connectivity index is 1.40. The minimum absolute atomic E-state index is 0.163. The van der Waals surface area contributed by atoms with Gasteiger partial charge in [0, 0.05) is 5.02 Å². The quantitative estimate of drug-likeness (QED) is 0.347. The van der Waals surface area contributed by atoms with E-state index >= 15 is 0 Å². The van der Waals surface area contributed by atoms with Crippen LogP contribution in [0.2, 0.25) is 5.02 Å². The summed E-state index contributed by atoms with van der Waals surface area (Å²) in [6.45, 7) is 2.41. The number of carbonyl (C=O) groups is 1. The fourth-order valence-electron chi connectivity index (χ4n) is 3.03. The van der Waals surface area contributed by atoms with E-state index in [-0.39, 0.29) is 11.7 Å². The Bertz CT molecular complexity index is 1210. The summed E-state index contributed by atoms with van der Waals surface area (Å²) < 4.78 is 7.78. The average Bonchev–Trinajstić information content (AvgIpc) is 3.27. The molecule has 8 heteroatoms. The number of hydrogen-bond donors (Lipinski definition) is 1. The van der Waals surface area contributed by atoms with Crippen LogP contribution in [0.3, 0.4) is 0 Å². The molecule has 1 heterocycles. The van der Waals surface area contributed by atoms with Gasteiger partial charge in [0.2, 0.25) is 5.91 Å². The molecule has 0 bridgehead atoms. The lowest BCUT2D eigenvalue weighted by Gasteiger charge is -2.13. The monoisotopic (exact) mass is 464 g/mol. The van der Waals surface area contributed by atoms with Gasteiger partial charge in [0.15, 0.2) is 5.16 Å². The number of aryl methyl sites for hydroxylation is 1. The Morgan fingerprint density at radius 3 is 2.75 bits per heavy atom. The van der Waals surface area contributed by atoms with Gasteiger partial charge in [-0.3, -0.25) is 9.36 Å². The van der Waals surface area contributed by atoms with Gasteiger partial charge in [-0.2, -0.15) is 0 Å². The second-order valence-corrected chi connectivity index (χ2v) is 8.45. The van der Waals surface area contributed by atoms with Crippen molar-refractivity contribution in [2.75, 3.05) is 11.1 Å². The van der Waals surface area contributed by atoms with Crippen LogP contribution in [0.5, 0.6) is 5.75 Å². The van der Waals surface area contributed by atoms with Crippen LogP contribution in [0.25, 0.3) is 5.69 Å². The standard InChI is InChI=1S/C24H21ClN4O2S/c1-17-10-11-21(22(12-17)31-14-18-6-3-2-4-7-18)27-23(30)15-32-24-28-26-16-29(24)20-9-5-8-19(25)13-20/h2-13,16H,14-15H2,1H3,(H,27,30). The van der Waals surface area contributed by atoms with Crippen LogP contribution in [0.15, 0.2) is 84.3 Å². The lowest BCUT2D eigenvalue weighted by atomic mass is 10.2. The highest BCUT2D eigenvalue weighted by atomic mass is 35.5. The predicted octanol–water partition coefficient (Wildman–Crippen LogP) is 5.54. The number of carbonyl (C=O) groups excluding carboxylic acids is 1. The van der Waals surface area contributed by atoms with Crippen molar-refractivity contribution in [3.8, 4) is 11.4 Å². The van der Waals surface area contributed by atoms with Gasteiger partial charge in [-0.1, -0.05) is 65.8 Å². The third-order valence-electron chi connectivity index (χ3n) is 4.58. The summed E-state index contributed by atoms with van der Waals surface area (Å²) in [4.78, 5) is 12.7. The third kappa shape index (κ3) is 5.69. The van der Waals surface area contributed by atoms with Gasteiger partial charge < -0.3 is 10.1 Å². The smallest absolute Gasteiger partial charge is 0.234 e. The van der Waals surface area contributed by atoms with E-state index in [1.54, 1.807) is 17.0 Å². The molecular formula is C24H21ClN4O2S. The molecule has 0 unspecified atom stereocenters. The van der Waals surface area contributed by atoms with Crippen LogP contribution < -0.4 is 10.1 Å². The highest BCUT2D eigenvalue weighted by Crippen LogP contribution is 2.28. The Hall–Kier alpha value is -3.29. The first-order valence-electron chi connectivity index (χ1n) is 9.94. The largest absolute Gasteiger partial charge is 0.487 e. The van der Waals surface area contributed by atoms with Crippen LogP contribution in [-0.2, 0) is 11.4 Å². The molecule has 4 aromatic rings. The first-order chi connectivity index (χ1) is 15.6. The first-order valence-corrected chi connectivity index (χ1v) is 11.3. The Kier molecular flexibility index (Phi) is 7.09. The van der Waals surface area contributed by atoms with Crippen LogP contribution in [0.4, 0.5) is 5.69 Å². The molecule has 6 nitrogen and oxygen atoms in total. The molecule has 0 aliphatic carbocycles. The molecule has 1 amide bonds. The molecule has 0 atom stereocenters. The number of anilines is 1. The molecule has 0 aliphatic rings. The molecular weight excluding hydrogens is 444 g/mol. The molecule has 1 N–H and O–H groups in total. The molecule has 0 saturated heterocycles. The Morgan fingerprint density at radius 1 is 1.09 bits per heavy atom. The van der Waals surface area contributed by atoms with E-state index in [1.807, 2.05) is 73.7 Å². The summed E-state index contributed by atoms with van der Waals surface area (Å²) in [5, 5.41) is 12.2. The van der Waals surface area contributed by atoms with Gasteiger partial charge >= 0.3 is 0 Å². The molecule has 0 spiro atoms. The van der Waals surface area contributed by atoms with E-state index in [0.29, 0.717) is 28.2 Å². The van der Waals surface area contributed by atoms with E-state index in [4.69, 9.17) is 16.3 Å². The summed E-state index contributed by atoms with van der Waals surface area (Å²) >= 11 is 7.38. The maximum Gasteiger partial charge on any atom is 0.234 e. The van der Waals surface area contributed by atoms with Crippen LogP contribution in [0, 0.1) is 6.92 Å². The molecule has 3 aromatic carbocycles. The minimum Gasteiger partial charge on any atom is -0.487 e. The van der Waals surface area contributed by atoms with Crippen LogP contribution in [-0.4, -0.2) is 26.4 Å². The zero-order valence-electron chi connectivity index (χ0n) is 17.4. The summed E-state index contributed by atoms with van der Waals surface area (Å²) in [5.41, 5.74) is 3.58. The fraction of sp³-hybridized carbons (Fsp3) is 0.125. The number of amides is 1. The van der Waals surface area contributed by atoms with Gasteiger partial charge in [-0.25, -0.2) is 0 Å². The fourth-order valence-corrected chi connectivity index (χ4v) is 3.94. The van der Waals surface area contributed by atoms with Crippen molar-refractivity contribution in [3.63, 3.8) is 0 Å². The molecule has 0 saturated carbocycles. The first kappa shape index (κ1) is 21.9. The number of nitrogens with one attached hydrogen (secondary N) is 1. The number of benzene rings is 3. The molecule has 32 heavy (non-hydrogen) atoms. The second-order valence-electron chi connectivity index (χ2n) is 7.07. The lowest BCUT2D eigenvalue weighted by molar-refractivity contribution is -0.113. The zero-order chi connectivity index (χ0) is 22.3. The van der Waals surface area contributed by atoms with Crippen molar-refractivity contribution in [1.29, 1.82) is 0 Å². The number of halogens is 1. The number of nitrogens with zero attached hydrogens (tertiary/aromatic N) is 3. The average molecular weight is 465 g/mol. The summed E-state index contributed by atoms with van der Waals surface area (Å²) in [7, 11) is 0. The number of thioether (sulfide) groups is 1. The van der Waals surface area contributed by atoms with Gasteiger partial charge in [0.1, 0.15) is 18.7 Å². The SMILES string of the molecule is Cc1ccc(NC(=O)CSc2nncn2-c2cccc(Cl)c2)c(OCc2ccccc2)c1. The highest BCUT2D eigenvalue weighted by molar-refractivity contribution is 7.99. The van der Waals surface area contributed by atoms with Gasteiger partial charge in [0.05, 0.1) is 17.1 Å². The zero-order valence-corrected chi connectivity index (χ0v) is 18.9. The molecule has 162 valence electrons. The van der Waals surface area contributed by atoms with Gasteiger partial charge in [-0.05, 0) is 48.4 Å². The number of rotatable bonds is 8. The molecule has 0 fully saturated rings. The Labute approximate surface area is 195 Å². The molecule has 0 radical (unpaired) electrons. The molecule has 1 aromatic heterocycles. The summed E-state index contributed by atoms with van der Waals surface area (Å²) in [5.74, 6) is 0.643. The van der Waals surface area contributed by atoms with E-state index in [0.717, 1.165) is 16.8 Å². The molecule has 0 aliphatic heterocycles. The van der Waals surface area contributed by atoms with Crippen molar-refractivity contribution in [1.82, 2.24) is 14.8 Å². The second kappa shape index (κ2) is 10.3. The normalized spacial score (nSPS) is 10.7. The van der Waals surface area contributed by atoms with Gasteiger partial charge in [0.25, 0.3) is 0 Å². The minimum atomic E-state index is -0.163. The lowest BCUT2D eigenvalue weighted by Crippen LogP contribution is -2.15. The van der Waals surface area contributed by atoms with Crippen molar-refractivity contribution in [2.45, 2.75) is 18.7 Å². The van der Waals surface area contributed by atoms with Crippen LogP contribution >= 0.6 is 23.4 Å². The topological polar surface area (TPSA) is 69.0 Å². The highest BCUT2D eigenvalue weighted by Gasteiger charge is 2.13. The van der Waals surface area contributed by atoms with Crippen molar-refractivity contribution in [3.05, 3.63) is 95.3 Å². The number of aromatic nitrogens is 3. The van der Waals surface area contributed by atoms with Crippen LogP contribution in [0.1, 0.15) is 11.1 Å². The van der Waals surface area contributed by atoms with Crippen molar-refractivity contribution < 1.29 is 9.53 Å². The number of hydrogen-bond acceptors (Lipinski definition) is 5. The maximum absolute atomic E-state index is 12.7. The summed E-state index contributed by atoms with van der Waals surface area (Å²) in [6, 6.07) is 23.0.